The molecule has 0 aliphatic carbocycles. The van der Waals surface area contributed by atoms with Crippen LogP contribution in [0.25, 0.3) is 11.2 Å². The van der Waals surface area contributed by atoms with Crippen molar-refractivity contribution in [3.63, 3.8) is 0 Å². The molecule has 15 heteroatoms. The second kappa shape index (κ2) is 9.61. The van der Waals surface area contributed by atoms with Crippen molar-refractivity contribution in [1.82, 2.24) is 24.4 Å². The number of ether oxygens (including phenoxy) is 1. The molecule has 37 heavy (non-hydrogen) atoms. The van der Waals surface area contributed by atoms with Crippen molar-refractivity contribution in [2.75, 3.05) is 37.5 Å². The zero-order valence-corrected chi connectivity index (χ0v) is 20.1. The van der Waals surface area contributed by atoms with Gasteiger partial charge >= 0.3 is 12.2 Å². The van der Waals surface area contributed by atoms with Crippen LogP contribution in [0.15, 0.2) is 29.3 Å². The lowest BCUT2D eigenvalue weighted by atomic mass is 9.99. The Labute approximate surface area is 207 Å². The number of fused-ring (bicyclic) bond motifs is 1. The normalized spacial score (nSPS) is 17.7. The molecule has 0 saturated carbocycles. The van der Waals surface area contributed by atoms with Gasteiger partial charge in [0.25, 0.3) is 11.5 Å². The maximum atomic E-state index is 15.2. The lowest BCUT2D eigenvalue weighted by Crippen LogP contribution is -2.59. The van der Waals surface area contributed by atoms with Crippen molar-refractivity contribution in [1.29, 1.82) is 0 Å². The zero-order chi connectivity index (χ0) is 27.1. The van der Waals surface area contributed by atoms with Crippen LogP contribution in [0.2, 0.25) is 0 Å². The van der Waals surface area contributed by atoms with E-state index in [1.54, 1.807) is 6.07 Å². The summed E-state index contributed by atoms with van der Waals surface area (Å²) in [7, 11) is 3.72. The van der Waals surface area contributed by atoms with Crippen LogP contribution in [0.1, 0.15) is 17.7 Å². The average molecular weight is 529 g/mol. The first kappa shape index (κ1) is 26.3. The van der Waals surface area contributed by atoms with Gasteiger partial charge in [0, 0.05) is 39.6 Å². The number of aromatic amines is 1. The Hall–Kier alpha value is -3.75. The Kier molecular flexibility index (Phi) is 6.83. The molecule has 1 aliphatic heterocycles. The van der Waals surface area contributed by atoms with Gasteiger partial charge in [0.05, 0.1) is 24.9 Å². The second-order valence-corrected chi connectivity index (χ2v) is 8.77. The number of urea groups is 1. The van der Waals surface area contributed by atoms with Crippen molar-refractivity contribution in [2.24, 2.45) is 7.05 Å². The number of piperidine rings is 1. The number of aromatic nitrogens is 4. The average Bonchev–Trinajstić information content (AvgIpc) is 3.22. The fourth-order valence-corrected chi connectivity index (χ4v) is 4.23. The Morgan fingerprint density at radius 2 is 2.08 bits per heavy atom. The molecule has 0 bridgehead atoms. The molecule has 4 rings (SSSR count). The van der Waals surface area contributed by atoms with Gasteiger partial charge < -0.3 is 29.4 Å². The van der Waals surface area contributed by atoms with Gasteiger partial charge in [0.1, 0.15) is 23.1 Å². The summed E-state index contributed by atoms with van der Waals surface area (Å²) >= 11 is 0. The molecule has 0 aromatic carbocycles. The molecular formula is C22H24F5N7O3. The molecule has 200 valence electrons. The van der Waals surface area contributed by atoms with E-state index in [4.69, 9.17) is 4.74 Å². The number of amides is 2. The minimum absolute atomic E-state index is 0.110. The topological polar surface area (TPSA) is 108 Å². The summed E-state index contributed by atoms with van der Waals surface area (Å²) in [5.41, 5.74) is -1.06. The summed E-state index contributed by atoms with van der Waals surface area (Å²) in [6.07, 6.45) is -2.99. The Morgan fingerprint density at radius 1 is 1.35 bits per heavy atom. The molecule has 3 aromatic heterocycles. The molecule has 10 nitrogen and oxygen atoms in total. The first-order valence-corrected chi connectivity index (χ1v) is 11.1. The summed E-state index contributed by atoms with van der Waals surface area (Å²) < 4.78 is 75.4. The predicted molar refractivity (Wildman–Crippen MR) is 124 cm³/mol. The van der Waals surface area contributed by atoms with E-state index in [0.29, 0.717) is 39.5 Å². The summed E-state index contributed by atoms with van der Waals surface area (Å²) in [5, 5.41) is 2.04. The summed E-state index contributed by atoms with van der Waals surface area (Å²) in [6.45, 7) is -0.354. The van der Waals surface area contributed by atoms with E-state index in [1.807, 2.05) is 5.32 Å². The summed E-state index contributed by atoms with van der Waals surface area (Å²) in [5.74, 6) is -3.17. The van der Waals surface area contributed by atoms with E-state index in [1.165, 1.54) is 18.2 Å². The number of halogens is 5. The SMILES string of the molecule is COCc1cc2nc(N3CCC(N(C)C(=O)Nc4cc(C(F)(F)F)cn(C)c4=O)C(F)(F)C3)cnc2[nH]1. The van der Waals surface area contributed by atoms with Crippen LogP contribution in [0.3, 0.4) is 0 Å². The second-order valence-electron chi connectivity index (χ2n) is 8.77. The van der Waals surface area contributed by atoms with Crippen LogP contribution < -0.4 is 15.8 Å². The standard InChI is InChI=1S/C22H24F5N7O3/c1-32-9-12(22(25,26)27)6-15(19(32)35)31-20(36)33(2)16-4-5-34(11-21(16,23)24)17-8-28-18-14(30-17)7-13(29-18)10-37-3/h6-9,16H,4-5,10-11H2,1-3H3,(H,28,29)(H,31,36). The third-order valence-electron chi connectivity index (χ3n) is 6.10. The van der Waals surface area contributed by atoms with Gasteiger partial charge in [-0.05, 0) is 18.6 Å². The first-order chi connectivity index (χ1) is 17.3. The molecule has 1 aliphatic rings. The largest absolute Gasteiger partial charge is 0.417 e. The number of aryl methyl sites for hydroxylation is 1. The molecule has 0 spiro atoms. The van der Waals surface area contributed by atoms with Crippen LogP contribution in [0.4, 0.5) is 38.3 Å². The highest BCUT2D eigenvalue weighted by Crippen LogP contribution is 2.34. The molecule has 1 saturated heterocycles. The van der Waals surface area contributed by atoms with Crippen LogP contribution in [-0.4, -0.2) is 69.7 Å². The number of carbonyl (C=O) groups excluding carboxylic acids is 1. The lowest BCUT2D eigenvalue weighted by molar-refractivity contribution is -0.138. The summed E-state index contributed by atoms with van der Waals surface area (Å²) in [4.78, 5) is 38.6. The van der Waals surface area contributed by atoms with Crippen molar-refractivity contribution < 1.29 is 31.5 Å². The molecule has 4 heterocycles. The molecule has 1 fully saturated rings. The number of nitrogens with one attached hydrogen (secondary N) is 2. The number of nitrogens with zero attached hydrogens (tertiary/aromatic N) is 5. The number of rotatable bonds is 5. The van der Waals surface area contributed by atoms with Crippen molar-refractivity contribution >= 4 is 28.7 Å². The van der Waals surface area contributed by atoms with Crippen LogP contribution >= 0.6 is 0 Å². The fraction of sp³-hybridized carbons (Fsp3) is 0.455. The smallest absolute Gasteiger partial charge is 0.378 e. The number of anilines is 2. The minimum Gasteiger partial charge on any atom is -0.378 e. The van der Waals surface area contributed by atoms with Crippen molar-refractivity contribution in [3.8, 4) is 0 Å². The molecule has 2 N–H and O–H groups in total. The van der Waals surface area contributed by atoms with Gasteiger partial charge in [0.2, 0.25) is 0 Å². The third-order valence-corrected chi connectivity index (χ3v) is 6.10. The van der Waals surface area contributed by atoms with E-state index in [-0.39, 0.29) is 18.8 Å². The number of alkyl halides is 5. The maximum absolute atomic E-state index is 15.2. The number of pyridine rings is 1. The predicted octanol–water partition coefficient (Wildman–Crippen LogP) is 3.20. The minimum atomic E-state index is -4.77. The van der Waals surface area contributed by atoms with Crippen LogP contribution in [-0.2, 0) is 24.6 Å². The molecule has 3 aromatic rings. The highest BCUT2D eigenvalue weighted by molar-refractivity contribution is 5.89. The van der Waals surface area contributed by atoms with Crippen molar-refractivity contribution in [3.05, 3.63) is 46.1 Å². The van der Waals surface area contributed by atoms with Gasteiger partial charge in [-0.3, -0.25) is 4.79 Å². The first-order valence-electron chi connectivity index (χ1n) is 11.1. The number of carbonyl (C=O) groups is 1. The van der Waals surface area contributed by atoms with Crippen LogP contribution in [0, 0.1) is 0 Å². The number of methoxy groups -OCH3 is 1. The van der Waals surface area contributed by atoms with Gasteiger partial charge in [-0.15, -0.1) is 0 Å². The number of hydrogen-bond donors (Lipinski definition) is 2. The molecule has 1 atom stereocenters. The maximum Gasteiger partial charge on any atom is 0.417 e. The van der Waals surface area contributed by atoms with E-state index in [9.17, 15) is 22.8 Å². The molecule has 0 radical (unpaired) electrons. The highest BCUT2D eigenvalue weighted by Gasteiger charge is 2.48. The van der Waals surface area contributed by atoms with Crippen molar-refractivity contribution in [2.45, 2.75) is 31.2 Å². The van der Waals surface area contributed by atoms with E-state index in [2.05, 4.69) is 15.0 Å². The Morgan fingerprint density at radius 3 is 2.73 bits per heavy atom. The molecule has 1 unspecified atom stereocenters. The third kappa shape index (κ3) is 5.35. The summed E-state index contributed by atoms with van der Waals surface area (Å²) in [6, 6.07) is -0.525. The molecule has 2 amide bonds. The molecular weight excluding hydrogens is 505 g/mol. The Bertz CT molecular complexity index is 1370. The number of hydrogen-bond acceptors (Lipinski definition) is 6. The van der Waals surface area contributed by atoms with Gasteiger partial charge in [0.15, 0.2) is 5.65 Å². The van der Waals surface area contributed by atoms with E-state index >= 15 is 8.78 Å². The van der Waals surface area contributed by atoms with E-state index in [0.717, 1.165) is 19.8 Å². The highest BCUT2D eigenvalue weighted by atomic mass is 19.4. The van der Waals surface area contributed by atoms with Crippen LogP contribution in [0.5, 0.6) is 0 Å². The lowest BCUT2D eigenvalue weighted by Gasteiger charge is -2.42. The quantitative estimate of drug-likeness (QED) is 0.492. The zero-order valence-electron chi connectivity index (χ0n) is 20.1. The van der Waals surface area contributed by atoms with Gasteiger partial charge in [-0.2, -0.15) is 13.2 Å². The van der Waals surface area contributed by atoms with Gasteiger partial charge in [-0.25, -0.2) is 23.5 Å². The van der Waals surface area contributed by atoms with E-state index < -0.39 is 47.5 Å². The Balaban J connectivity index is 1.49. The monoisotopic (exact) mass is 529 g/mol. The van der Waals surface area contributed by atoms with Gasteiger partial charge in [-0.1, -0.05) is 0 Å². The fourth-order valence-electron chi connectivity index (χ4n) is 4.23. The number of H-pyrrole nitrogens is 1.